The zero-order valence-electron chi connectivity index (χ0n) is 22.6. The van der Waals surface area contributed by atoms with Gasteiger partial charge in [0.1, 0.15) is 24.3 Å². The molecule has 2 fully saturated rings. The Kier molecular flexibility index (Phi) is 8.37. The van der Waals surface area contributed by atoms with E-state index < -0.39 is 30.7 Å². The number of piperidine rings is 1. The molecule has 2 atom stereocenters. The molecule has 3 heterocycles. The van der Waals surface area contributed by atoms with Crippen LogP contribution < -0.4 is 15.8 Å². The number of likely N-dealkylation sites (tertiary alicyclic amines) is 1. The van der Waals surface area contributed by atoms with Gasteiger partial charge in [-0.15, -0.1) is 0 Å². The number of alkyl halides is 4. The number of anilines is 1. The molecule has 1 saturated carbocycles. The number of ether oxygens (including phenoxy) is 1. The number of pyridine rings is 1. The molecule has 0 bridgehead atoms. The first-order chi connectivity index (χ1) is 19.6. The number of aromatic nitrogens is 2. The largest absolute Gasteiger partial charge is 0.478 e. The van der Waals surface area contributed by atoms with Gasteiger partial charge in [-0.2, -0.15) is 13.2 Å². The summed E-state index contributed by atoms with van der Waals surface area (Å²) in [5, 5.41) is 3.17. The molecule has 41 heavy (non-hydrogen) atoms. The standard InChI is InChI=1S/C29H32F4N6O2/c1-37-15-12-23(22(30)17-37)35-25-5-3-14-39-26(16-29(31,32)33)24(36-28(25)39)4-2-13-38(20-8-9-20)18-41-21-10-6-19(7-11-21)27(34)40/h3,5-7,10-11,14,20,22-23,35H,8-9,12-13,15-18H2,1H3,(H2,34,40)/t22-,23+/m0/s1. The number of hydrogen-bond donors (Lipinski definition) is 2. The van der Waals surface area contributed by atoms with Gasteiger partial charge in [-0.1, -0.05) is 5.92 Å². The van der Waals surface area contributed by atoms with Crippen molar-refractivity contribution in [3.63, 3.8) is 0 Å². The minimum absolute atomic E-state index is 0.0375. The van der Waals surface area contributed by atoms with E-state index in [1.54, 1.807) is 36.4 Å². The molecule has 5 rings (SSSR count). The van der Waals surface area contributed by atoms with Gasteiger partial charge >= 0.3 is 6.18 Å². The fraction of sp³-hybridized carbons (Fsp3) is 0.448. The molecule has 0 spiro atoms. The van der Waals surface area contributed by atoms with Crippen molar-refractivity contribution in [3.05, 3.63) is 59.5 Å². The summed E-state index contributed by atoms with van der Waals surface area (Å²) >= 11 is 0. The molecule has 0 unspecified atom stereocenters. The van der Waals surface area contributed by atoms with E-state index in [0.29, 0.717) is 30.0 Å². The van der Waals surface area contributed by atoms with Crippen molar-refractivity contribution < 1.29 is 27.1 Å². The van der Waals surface area contributed by atoms with Crippen molar-refractivity contribution >= 4 is 17.2 Å². The topological polar surface area (TPSA) is 88.1 Å². The van der Waals surface area contributed by atoms with Crippen molar-refractivity contribution in [1.82, 2.24) is 19.2 Å². The molecule has 1 aliphatic heterocycles. The predicted molar refractivity (Wildman–Crippen MR) is 146 cm³/mol. The van der Waals surface area contributed by atoms with Gasteiger partial charge in [-0.05, 0) is 68.6 Å². The molecule has 0 radical (unpaired) electrons. The SMILES string of the molecule is CN1CC[C@@H](Nc2cccn3c(CC(F)(F)F)c(C#CCN(COc4ccc(C(N)=O)cc4)C4CC4)nc23)[C@@H](F)C1. The summed E-state index contributed by atoms with van der Waals surface area (Å²) < 4.78 is 62.6. The number of nitrogens with one attached hydrogen (secondary N) is 1. The monoisotopic (exact) mass is 572 g/mol. The van der Waals surface area contributed by atoms with Gasteiger partial charge in [0.15, 0.2) is 5.65 Å². The molecule has 1 aromatic carbocycles. The van der Waals surface area contributed by atoms with E-state index in [1.165, 1.54) is 10.6 Å². The molecule has 3 aromatic rings. The number of hydrogen-bond acceptors (Lipinski definition) is 6. The maximum atomic E-state index is 14.7. The first kappa shape index (κ1) is 28.7. The Balaban J connectivity index is 1.35. The number of fused-ring (bicyclic) bond motifs is 1. The average Bonchev–Trinajstić information content (AvgIpc) is 3.71. The summed E-state index contributed by atoms with van der Waals surface area (Å²) in [6.45, 7) is 1.50. The second-order valence-corrected chi connectivity index (χ2v) is 10.6. The lowest BCUT2D eigenvalue weighted by atomic mass is 10.0. The number of imidazole rings is 1. The molecule has 8 nitrogen and oxygen atoms in total. The highest BCUT2D eigenvalue weighted by Gasteiger charge is 2.33. The molecule has 1 aliphatic carbocycles. The normalized spacial score (nSPS) is 19.7. The summed E-state index contributed by atoms with van der Waals surface area (Å²) in [6.07, 6.45) is -2.74. The van der Waals surface area contributed by atoms with E-state index in [0.717, 1.165) is 12.8 Å². The summed E-state index contributed by atoms with van der Waals surface area (Å²) in [7, 11) is 1.85. The Morgan fingerprint density at radius 2 is 1.98 bits per heavy atom. The van der Waals surface area contributed by atoms with Crippen LogP contribution in [0.3, 0.4) is 0 Å². The average molecular weight is 573 g/mol. The quantitative estimate of drug-likeness (QED) is 0.230. The Hall–Kier alpha value is -3.82. The lowest BCUT2D eigenvalue weighted by Crippen LogP contribution is -2.46. The number of rotatable bonds is 9. The summed E-state index contributed by atoms with van der Waals surface area (Å²) in [5.41, 5.74) is 6.37. The van der Waals surface area contributed by atoms with E-state index in [4.69, 9.17) is 10.5 Å². The van der Waals surface area contributed by atoms with Crippen molar-refractivity contribution in [2.75, 3.05) is 38.7 Å². The maximum absolute atomic E-state index is 14.7. The van der Waals surface area contributed by atoms with E-state index in [2.05, 4.69) is 22.1 Å². The molecule has 2 aliphatic rings. The van der Waals surface area contributed by atoms with Gasteiger partial charge in [0.2, 0.25) is 5.91 Å². The maximum Gasteiger partial charge on any atom is 0.394 e. The van der Waals surface area contributed by atoms with Crippen molar-refractivity contribution in [1.29, 1.82) is 0 Å². The number of halogens is 4. The fourth-order valence-electron chi connectivity index (χ4n) is 4.92. The van der Waals surface area contributed by atoms with Crippen LogP contribution in [0.15, 0.2) is 42.6 Å². The summed E-state index contributed by atoms with van der Waals surface area (Å²) in [5.74, 6) is 5.88. The van der Waals surface area contributed by atoms with Gasteiger partial charge in [-0.25, -0.2) is 9.37 Å². The van der Waals surface area contributed by atoms with Crippen LogP contribution in [0, 0.1) is 11.8 Å². The predicted octanol–water partition coefficient (Wildman–Crippen LogP) is 3.84. The third kappa shape index (κ3) is 7.28. The van der Waals surface area contributed by atoms with E-state index in [9.17, 15) is 22.4 Å². The third-order valence-corrected chi connectivity index (χ3v) is 7.29. The van der Waals surface area contributed by atoms with Crippen molar-refractivity contribution in [3.8, 4) is 17.6 Å². The number of carbonyl (C=O) groups is 1. The number of carbonyl (C=O) groups excluding carboxylic acids is 1. The highest BCUT2D eigenvalue weighted by Crippen LogP contribution is 2.29. The van der Waals surface area contributed by atoms with Gasteiger partial charge in [0.25, 0.3) is 0 Å². The molecular formula is C29H32F4N6O2. The first-order valence-corrected chi connectivity index (χ1v) is 13.5. The molecular weight excluding hydrogens is 540 g/mol. The smallest absolute Gasteiger partial charge is 0.394 e. The molecule has 3 N–H and O–H groups in total. The minimum Gasteiger partial charge on any atom is -0.478 e. The highest BCUT2D eigenvalue weighted by molar-refractivity contribution is 5.92. The Labute approximate surface area is 235 Å². The first-order valence-electron chi connectivity index (χ1n) is 13.5. The van der Waals surface area contributed by atoms with Crippen LogP contribution in [0.2, 0.25) is 0 Å². The van der Waals surface area contributed by atoms with E-state index in [1.807, 2.05) is 16.8 Å². The highest BCUT2D eigenvalue weighted by atomic mass is 19.4. The number of primary amides is 1. The fourth-order valence-corrected chi connectivity index (χ4v) is 4.92. The van der Waals surface area contributed by atoms with Gasteiger partial charge in [0.05, 0.1) is 30.4 Å². The molecule has 218 valence electrons. The van der Waals surface area contributed by atoms with E-state index in [-0.39, 0.29) is 42.9 Å². The van der Waals surface area contributed by atoms with Crippen LogP contribution >= 0.6 is 0 Å². The van der Waals surface area contributed by atoms with E-state index >= 15 is 0 Å². The van der Waals surface area contributed by atoms with Crippen LogP contribution in [0.5, 0.6) is 5.75 Å². The van der Waals surface area contributed by atoms with Crippen LogP contribution in [0.1, 0.15) is 41.0 Å². The lowest BCUT2D eigenvalue weighted by Gasteiger charge is -2.33. The van der Waals surface area contributed by atoms with Gasteiger partial charge in [0, 0.05) is 30.9 Å². The van der Waals surface area contributed by atoms with Gasteiger partial charge in [-0.3, -0.25) is 9.69 Å². The Bertz CT molecular complexity index is 1440. The molecule has 1 saturated heterocycles. The second kappa shape index (κ2) is 12.0. The summed E-state index contributed by atoms with van der Waals surface area (Å²) in [6, 6.07) is 9.58. The Morgan fingerprint density at radius 1 is 1.22 bits per heavy atom. The number of benzene rings is 1. The zero-order valence-corrected chi connectivity index (χ0v) is 22.6. The number of nitrogens with zero attached hydrogens (tertiary/aromatic N) is 4. The van der Waals surface area contributed by atoms with Gasteiger partial charge < -0.3 is 25.1 Å². The third-order valence-electron chi connectivity index (χ3n) is 7.29. The molecule has 12 heteroatoms. The molecule has 1 amide bonds. The number of amides is 1. The Morgan fingerprint density at radius 3 is 2.63 bits per heavy atom. The van der Waals surface area contributed by atoms with Crippen LogP contribution in [-0.4, -0.2) is 82.9 Å². The minimum atomic E-state index is -4.47. The van der Waals surface area contributed by atoms with Crippen molar-refractivity contribution in [2.45, 2.75) is 50.1 Å². The number of nitrogens with two attached hydrogens (primary N) is 1. The van der Waals surface area contributed by atoms with Crippen LogP contribution in [0.4, 0.5) is 23.2 Å². The molecule has 2 aromatic heterocycles. The summed E-state index contributed by atoms with van der Waals surface area (Å²) in [4.78, 5) is 19.7. The van der Waals surface area contributed by atoms with Crippen LogP contribution in [0.25, 0.3) is 5.65 Å². The lowest BCUT2D eigenvalue weighted by molar-refractivity contribution is -0.128. The van der Waals surface area contributed by atoms with Crippen molar-refractivity contribution in [2.24, 2.45) is 5.73 Å². The second-order valence-electron chi connectivity index (χ2n) is 10.6. The van der Waals surface area contributed by atoms with Crippen LogP contribution in [-0.2, 0) is 6.42 Å². The zero-order chi connectivity index (χ0) is 29.1.